The summed E-state index contributed by atoms with van der Waals surface area (Å²) in [5.41, 5.74) is 7.14. The first kappa shape index (κ1) is 45.4. The fraction of sp³-hybridized carbons (Fsp3) is 0.571. The summed E-state index contributed by atoms with van der Waals surface area (Å²) in [6.45, 7) is 11.6. The van der Waals surface area contributed by atoms with Crippen molar-refractivity contribution in [3.63, 3.8) is 0 Å². The Balaban J connectivity index is 2.16. The van der Waals surface area contributed by atoms with Gasteiger partial charge in [-0.05, 0) is 73.2 Å². The molecule has 14 nitrogen and oxygen atoms in total. The Morgan fingerprint density at radius 3 is 1.48 bits per heavy atom. The highest BCUT2D eigenvalue weighted by molar-refractivity contribution is 5.98. The summed E-state index contributed by atoms with van der Waals surface area (Å²) in [6, 6.07) is 8.64. The van der Waals surface area contributed by atoms with Gasteiger partial charge in [-0.2, -0.15) is 0 Å². The van der Waals surface area contributed by atoms with Gasteiger partial charge < -0.3 is 42.7 Å². The molecule has 3 rings (SSSR count). The van der Waals surface area contributed by atoms with Gasteiger partial charge in [-0.15, -0.1) is 0 Å². The molecule has 2 aromatic carbocycles. The SMILES string of the molecule is CC[C@@H](C)[C@H]1NC(=O)[C@H](Cc2ccccc2)NC(=O)[C@@H](CCCCN)NC(=O)[C@H](Cc2ccc(O)cc2)NC(=O)[C@H]([C@@H](C)CC)NC(=O)[C@@H](CC(C)C)NC1=O. The van der Waals surface area contributed by atoms with E-state index in [4.69, 9.17) is 5.73 Å². The van der Waals surface area contributed by atoms with Gasteiger partial charge in [-0.3, -0.25) is 28.8 Å². The van der Waals surface area contributed by atoms with Crippen LogP contribution in [0, 0.1) is 17.8 Å². The summed E-state index contributed by atoms with van der Waals surface area (Å²) in [5, 5.41) is 27.0. The standard InChI is InChI=1S/C42H63N7O7/c1-7-26(5)35-41(55)46-32(22-25(3)4)39(53)48-36(27(6)8-2)42(56)47-33(24-29-17-19-30(50)20-18-29)38(52)44-31(16-12-13-21-43)37(51)45-34(40(54)49-35)23-28-14-10-9-11-15-28/h9-11,14-15,17-20,25-27,31-36,50H,7-8,12-13,16,21-24,43H2,1-6H3,(H,44,52)(H,45,51)(H,46,55)(H,47,56)(H,48,53)(H,49,54)/t26-,27+,31-,32-,33+,34+,35-,36+/m1/s1. The number of nitrogens with two attached hydrogens (primary N) is 1. The van der Waals surface area contributed by atoms with Gasteiger partial charge in [-0.1, -0.05) is 96.8 Å². The molecule has 1 saturated heterocycles. The molecule has 2 aromatic rings. The molecule has 1 fully saturated rings. The van der Waals surface area contributed by atoms with E-state index in [1.165, 1.54) is 12.1 Å². The maximum absolute atomic E-state index is 14.2. The number of hydrogen-bond donors (Lipinski definition) is 8. The summed E-state index contributed by atoms with van der Waals surface area (Å²) >= 11 is 0. The number of rotatable bonds is 14. The third-order valence-electron chi connectivity index (χ3n) is 10.4. The second-order valence-corrected chi connectivity index (χ2v) is 15.5. The van der Waals surface area contributed by atoms with E-state index < -0.39 is 71.7 Å². The molecule has 0 unspecified atom stereocenters. The number of carbonyl (C=O) groups is 6. The average Bonchev–Trinajstić information content (AvgIpc) is 3.17. The van der Waals surface area contributed by atoms with Crippen LogP contribution in [0.5, 0.6) is 5.75 Å². The zero-order valence-corrected chi connectivity index (χ0v) is 33.7. The van der Waals surface area contributed by atoms with E-state index in [0.717, 1.165) is 5.56 Å². The summed E-state index contributed by atoms with van der Waals surface area (Å²) in [7, 11) is 0. The topological polar surface area (TPSA) is 221 Å². The third-order valence-corrected chi connectivity index (χ3v) is 10.4. The summed E-state index contributed by atoms with van der Waals surface area (Å²) in [6.07, 6.45) is 2.60. The first-order valence-corrected chi connectivity index (χ1v) is 20.0. The molecule has 14 heteroatoms. The van der Waals surface area contributed by atoms with Gasteiger partial charge in [0.05, 0.1) is 0 Å². The minimum absolute atomic E-state index is 0.00175. The van der Waals surface area contributed by atoms with Gasteiger partial charge in [0, 0.05) is 12.8 Å². The van der Waals surface area contributed by atoms with Crippen LogP contribution in [0.4, 0.5) is 0 Å². The zero-order chi connectivity index (χ0) is 41.4. The predicted octanol–water partition coefficient (Wildman–Crippen LogP) is 2.37. The number of amides is 6. The van der Waals surface area contributed by atoms with Gasteiger partial charge in [-0.25, -0.2) is 0 Å². The van der Waals surface area contributed by atoms with Crippen LogP contribution in [-0.4, -0.2) is 83.3 Å². The Hall–Kier alpha value is -4.98. The van der Waals surface area contributed by atoms with Crippen molar-refractivity contribution >= 4 is 35.4 Å². The van der Waals surface area contributed by atoms with Gasteiger partial charge in [0.1, 0.15) is 42.0 Å². The Morgan fingerprint density at radius 1 is 0.554 bits per heavy atom. The van der Waals surface area contributed by atoms with Crippen molar-refractivity contribution in [2.45, 2.75) is 129 Å². The number of nitrogens with one attached hydrogen (secondary N) is 6. The van der Waals surface area contributed by atoms with E-state index in [2.05, 4.69) is 31.9 Å². The van der Waals surface area contributed by atoms with Crippen LogP contribution < -0.4 is 37.6 Å². The van der Waals surface area contributed by atoms with E-state index >= 15 is 0 Å². The van der Waals surface area contributed by atoms with Gasteiger partial charge in [0.2, 0.25) is 35.4 Å². The minimum atomic E-state index is -1.20. The van der Waals surface area contributed by atoms with Crippen LogP contribution in [0.25, 0.3) is 0 Å². The number of benzene rings is 2. The van der Waals surface area contributed by atoms with Crippen molar-refractivity contribution in [2.75, 3.05) is 6.54 Å². The second-order valence-electron chi connectivity index (χ2n) is 15.5. The molecule has 0 spiro atoms. The molecular formula is C42H63N7O7. The Labute approximate surface area is 331 Å². The normalized spacial score (nSPS) is 24.4. The molecule has 9 N–H and O–H groups in total. The molecule has 0 saturated carbocycles. The molecule has 0 aromatic heterocycles. The van der Waals surface area contributed by atoms with Crippen molar-refractivity contribution in [3.8, 4) is 5.75 Å². The first-order chi connectivity index (χ1) is 26.7. The lowest BCUT2D eigenvalue weighted by molar-refractivity contribution is -0.137. The van der Waals surface area contributed by atoms with Crippen molar-refractivity contribution in [3.05, 3.63) is 65.7 Å². The van der Waals surface area contributed by atoms with Crippen LogP contribution in [0.1, 0.15) is 91.2 Å². The van der Waals surface area contributed by atoms with E-state index in [0.29, 0.717) is 37.8 Å². The van der Waals surface area contributed by atoms with Gasteiger partial charge in [0.15, 0.2) is 0 Å². The highest BCUT2D eigenvalue weighted by atomic mass is 16.3. The molecular weight excluding hydrogens is 715 g/mol. The number of aromatic hydroxyl groups is 1. The van der Waals surface area contributed by atoms with E-state index in [1.807, 2.05) is 65.0 Å². The fourth-order valence-corrected chi connectivity index (χ4v) is 6.58. The largest absolute Gasteiger partial charge is 0.508 e. The second kappa shape index (κ2) is 22.5. The summed E-state index contributed by atoms with van der Waals surface area (Å²) in [5.74, 6) is -4.35. The molecule has 1 heterocycles. The molecule has 0 aliphatic carbocycles. The average molecular weight is 778 g/mol. The maximum atomic E-state index is 14.2. The van der Waals surface area contributed by atoms with E-state index in [1.54, 1.807) is 19.1 Å². The molecule has 308 valence electrons. The lowest BCUT2D eigenvalue weighted by Crippen LogP contribution is -2.63. The number of hydrogen-bond acceptors (Lipinski definition) is 8. The van der Waals surface area contributed by atoms with Crippen molar-refractivity contribution in [2.24, 2.45) is 23.5 Å². The molecule has 1 aliphatic rings. The highest BCUT2D eigenvalue weighted by Crippen LogP contribution is 2.17. The van der Waals surface area contributed by atoms with Crippen LogP contribution in [-0.2, 0) is 41.6 Å². The monoisotopic (exact) mass is 777 g/mol. The van der Waals surface area contributed by atoms with E-state index in [9.17, 15) is 33.9 Å². The molecule has 8 atom stereocenters. The lowest BCUT2D eigenvalue weighted by Gasteiger charge is -2.32. The molecule has 0 bridgehead atoms. The van der Waals surface area contributed by atoms with Crippen molar-refractivity contribution in [1.82, 2.24) is 31.9 Å². The Kier molecular flexibility index (Phi) is 18.3. The molecule has 6 amide bonds. The van der Waals surface area contributed by atoms with Crippen LogP contribution >= 0.6 is 0 Å². The number of carbonyl (C=O) groups excluding carboxylic acids is 6. The highest BCUT2D eigenvalue weighted by Gasteiger charge is 2.37. The quantitative estimate of drug-likeness (QED) is 0.133. The van der Waals surface area contributed by atoms with Crippen LogP contribution in [0.15, 0.2) is 54.6 Å². The third kappa shape index (κ3) is 13.9. The van der Waals surface area contributed by atoms with Gasteiger partial charge in [0.25, 0.3) is 0 Å². The van der Waals surface area contributed by atoms with Crippen LogP contribution in [0.2, 0.25) is 0 Å². The molecule has 0 radical (unpaired) electrons. The molecule has 1 aliphatic heterocycles. The summed E-state index contributed by atoms with van der Waals surface area (Å²) in [4.78, 5) is 84.9. The Bertz CT molecular complexity index is 1600. The van der Waals surface area contributed by atoms with Crippen molar-refractivity contribution in [1.29, 1.82) is 0 Å². The smallest absolute Gasteiger partial charge is 0.243 e. The first-order valence-electron chi connectivity index (χ1n) is 20.0. The summed E-state index contributed by atoms with van der Waals surface area (Å²) < 4.78 is 0. The number of phenolic OH excluding ortho intramolecular Hbond substituents is 1. The van der Waals surface area contributed by atoms with Gasteiger partial charge >= 0.3 is 0 Å². The molecule has 56 heavy (non-hydrogen) atoms. The maximum Gasteiger partial charge on any atom is 0.243 e. The number of unbranched alkanes of at least 4 members (excludes halogenated alkanes) is 1. The predicted molar refractivity (Wildman–Crippen MR) is 215 cm³/mol. The number of phenols is 1. The fourth-order valence-electron chi connectivity index (χ4n) is 6.58. The minimum Gasteiger partial charge on any atom is -0.508 e. The Morgan fingerprint density at radius 2 is 0.982 bits per heavy atom. The van der Waals surface area contributed by atoms with E-state index in [-0.39, 0.29) is 49.2 Å². The zero-order valence-electron chi connectivity index (χ0n) is 33.7. The van der Waals surface area contributed by atoms with Crippen LogP contribution in [0.3, 0.4) is 0 Å². The lowest BCUT2D eigenvalue weighted by atomic mass is 9.94. The van der Waals surface area contributed by atoms with Crippen molar-refractivity contribution < 1.29 is 33.9 Å².